The number of aromatic amines is 1. The number of H-pyrrole nitrogens is 1. The fourth-order valence-corrected chi connectivity index (χ4v) is 3.67. The van der Waals surface area contributed by atoms with Crippen LogP contribution in [0.1, 0.15) is 11.1 Å². The van der Waals surface area contributed by atoms with E-state index in [2.05, 4.69) is 19.9 Å². The van der Waals surface area contributed by atoms with E-state index >= 15 is 0 Å². The van der Waals surface area contributed by atoms with Gasteiger partial charge in [0.1, 0.15) is 16.4 Å². The van der Waals surface area contributed by atoms with E-state index in [9.17, 15) is 12.8 Å². The third-order valence-corrected chi connectivity index (χ3v) is 5.68. The van der Waals surface area contributed by atoms with E-state index in [0.29, 0.717) is 11.3 Å². The molecule has 0 saturated carbocycles. The van der Waals surface area contributed by atoms with Crippen LogP contribution in [0, 0.1) is 12.7 Å². The highest BCUT2D eigenvalue weighted by atomic mass is 32.2. The Labute approximate surface area is 166 Å². The molecule has 0 unspecified atom stereocenters. The number of benzene rings is 2. The van der Waals surface area contributed by atoms with Crippen molar-refractivity contribution in [2.45, 2.75) is 18.4 Å². The Bertz CT molecular complexity index is 1230. The molecule has 0 aliphatic rings. The van der Waals surface area contributed by atoms with E-state index in [1.54, 1.807) is 0 Å². The zero-order valence-corrected chi connectivity index (χ0v) is 16.2. The van der Waals surface area contributed by atoms with Gasteiger partial charge in [-0.05, 0) is 42.8 Å². The highest BCUT2D eigenvalue weighted by Gasteiger charge is 2.19. The molecule has 0 spiro atoms. The van der Waals surface area contributed by atoms with Crippen LogP contribution in [0.3, 0.4) is 0 Å². The highest BCUT2D eigenvalue weighted by Crippen LogP contribution is 2.25. The summed E-state index contributed by atoms with van der Waals surface area (Å²) < 4.78 is 46.3. The van der Waals surface area contributed by atoms with E-state index in [0.717, 1.165) is 11.1 Å². The third-order valence-electron chi connectivity index (χ3n) is 4.30. The van der Waals surface area contributed by atoms with E-state index in [4.69, 9.17) is 4.42 Å². The van der Waals surface area contributed by atoms with Crippen LogP contribution in [0.5, 0.6) is 0 Å². The highest BCUT2D eigenvalue weighted by molar-refractivity contribution is 7.89. The monoisotopic (exact) mass is 412 g/mol. The lowest BCUT2D eigenvalue weighted by Crippen LogP contribution is -2.22. The lowest BCUT2D eigenvalue weighted by Gasteiger charge is -2.05. The van der Waals surface area contributed by atoms with Crippen molar-refractivity contribution in [2.75, 3.05) is 0 Å². The number of sulfonamides is 1. The number of hydrogen-bond acceptors (Lipinski definition) is 5. The summed E-state index contributed by atoms with van der Waals surface area (Å²) in [6.07, 6.45) is 1.36. The normalized spacial score (nSPS) is 11.7. The van der Waals surface area contributed by atoms with Crippen molar-refractivity contribution >= 4 is 10.0 Å². The summed E-state index contributed by atoms with van der Waals surface area (Å²) >= 11 is 0. The largest absolute Gasteiger partial charge is 0.415 e. The predicted molar refractivity (Wildman–Crippen MR) is 105 cm³/mol. The second-order valence-electron chi connectivity index (χ2n) is 6.48. The first-order valence-corrected chi connectivity index (χ1v) is 10.2. The zero-order chi connectivity index (χ0) is 20.4. The molecule has 4 rings (SSSR count). The molecule has 0 fully saturated rings. The standard InChI is InChI=1S/C20H17FN4O3S/c1-13-2-4-14(5-3-13)11-23-29(26,27)17-10-18(22-12-17)20-25-24-19(28-20)15-6-8-16(21)9-7-15/h2-10,12,22-23H,11H2,1H3. The molecule has 7 nitrogen and oxygen atoms in total. The first kappa shape index (κ1) is 19.0. The molecule has 0 aliphatic carbocycles. The number of aromatic nitrogens is 3. The summed E-state index contributed by atoms with van der Waals surface area (Å²) in [6.45, 7) is 2.15. The number of rotatable bonds is 6. The van der Waals surface area contributed by atoms with Crippen LogP contribution in [-0.4, -0.2) is 23.6 Å². The van der Waals surface area contributed by atoms with Gasteiger partial charge in [0, 0.05) is 18.3 Å². The number of halogens is 1. The smallest absolute Gasteiger partial charge is 0.264 e. The minimum absolute atomic E-state index is 0.0566. The topological polar surface area (TPSA) is 101 Å². The Morgan fingerprint density at radius 1 is 1.03 bits per heavy atom. The Balaban J connectivity index is 1.50. The SMILES string of the molecule is Cc1ccc(CNS(=O)(=O)c2c[nH]c(-c3nnc(-c4ccc(F)cc4)o3)c2)cc1. The Hall–Kier alpha value is -3.30. The maximum Gasteiger partial charge on any atom is 0.264 e. The zero-order valence-electron chi connectivity index (χ0n) is 15.4. The minimum atomic E-state index is -3.72. The Morgan fingerprint density at radius 2 is 1.72 bits per heavy atom. The quantitative estimate of drug-likeness (QED) is 0.503. The molecule has 2 aromatic carbocycles. The lowest BCUT2D eigenvalue weighted by atomic mass is 10.2. The van der Waals surface area contributed by atoms with Gasteiger partial charge in [0.2, 0.25) is 15.9 Å². The molecule has 0 bridgehead atoms. The third kappa shape index (κ3) is 4.25. The van der Waals surface area contributed by atoms with Crippen molar-refractivity contribution in [3.05, 3.63) is 77.7 Å². The molecule has 9 heteroatoms. The van der Waals surface area contributed by atoms with Crippen LogP contribution < -0.4 is 4.72 Å². The van der Waals surface area contributed by atoms with Gasteiger partial charge in [0.15, 0.2) is 0 Å². The predicted octanol–water partition coefficient (Wildman–Crippen LogP) is 3.66. The summed E-state index contributed by atoms with van der Waals surface area (Å²) in [4.78, 5) is 2.89. The van der Waals surface area contributed by atoms with Gasteiger partial charge < -0.3 is 9.40 Å². The van der Waals surface area contributed by atoms with Crippen molar-refractivity contribution in [2.24, 2.45) is 0 Å². The number of nitrogens with zero attached hydrogens (tertiary/aromatic N) is 2. The molecular weight excluding hydrogens is 395 g/mol. The molecule has 4 aromatic rings. The number of aryl methyl sites for hydroxylation is 1. The summed E-state index contributed by atoms with van der Waals surface area (Å²) in [5, 5.41) is 7.85. The van der Waals surface area contributed by atoms with Crippen molar-refractivity contribution in [3.8, 4) is 23.0 Å². The molecule has 0 amide bonds. The van der Waals surface area contributed by atoms with Crippen LogP contribution in [0.4, 0.5) is 4.39 Å². The van der Waals surface area contributed by atoms with Crippen molar-refractivity contribution < 1.29 is 17.2 Å². The summed E-state index contributed by atoms with van der Waals surface area (Å²) in [5.74, 6) is -0.0355. The summed E-state index contributed by atoms with van der Waals surface area (Å²) in [6, 6.07) is 14.6. The van der Waals surface area contributed by atoms with E-state index < -0.39 is 10.0 Å². The van der Waals surface area contributed by atoms with Gasteiger partial charge in [0.05, 0.1) is 0 Å². The molecule has 2 heterocycles. The second-order valence-corrected chi connectivity index (χ2v) is 8.25. The van der Waals surface area contributed by atoms with Gasteiger partial charge in [-0.2, -0.15) is 0 Å². The van der Waals surface area contributed by atoms with Gasteiger partial charge in [-0.3, -0.25) is 0 Å². The van der Waals surface area contributed by atoms with Crippen molar-refractivity contribution in [1.82, 2.24) is 19.9 Å². The fraction of sp³-hybridized carbons (Fsp3) is 0.100. The molecule has 0 saturated heterocycles. The Kier molecular flexibility index (Phi) is 4.99. The molecule has 0 radical (unpaired) electrons. The summed E-state index contributed by atoms with van der Waals surface area (Å²) in [5.41, 5.74) is 2.88. The van der Waals surface area contributed by atoms with Crippen LogP contribution in [0.2, 0.25) is 0 Å². The molecule has 2 N–H and O–H groups in total. The average Bonchev–Trinajstić information content (AvgIpc) is 3.38. The minimum Gasteiger partial charge on any atom is -0.415 e. The summed E-state index contributed by atoms with van der Waals surface area (Å²) in [7, 11) is -3.72. The number of hydrogen-bond donors (Lipinski definition) is 2. The van der Waals surface area contributed by atoms with E-state index in [1.165, 1.54) is 36.5 Å². The van der Waals surface area contributed by atoms with Gasteiger partial charge in [-0.1, -0.05) is 29.8 Å². The van der Waals surface area contributed by atoms with Gasteiger partial charge in [0.25, 0.3) is 5.89 Å². The Morgan fingerprint density at radius 3 is 2.45 bits per heavy atom. The fourth-order valence-electron chi connectivity index (χ4n) is 2.66. The molecule has 0 atom stereocenters. The number of nitrogens with one attached hydrogen (secondary N) is 2. The second kappa shape index (κ2) is 7.61. The van der Waals surface area contributed by atoms with Gasteiger partial charge >= 0.3 is 0 Å². The molecule has 29 heavy (non-hydrogen) atoms. The average molecular weight is 412 g/mol. The van der Waals surface area contributed by atoms with Crippen LogP contribution in [-0.2, 0) is 16.6 Å². The first-order valence-electron chi connectivity index (χ1n) is 8.74. The van der Waals surface area contributed by atoms with Gasteiger partial charge in [-0.25, -0.2) is 17.5 Å². The van der Waals surface area contributed by atoms with E-state index in [1.807, 2.05) is 31.2 Å². The van der Waals surface area contributed by atoms with E-state index in [-0.39, 0.29) is 29.0 Å². The maximum atomic E-state index is 13.0. The lowest BCUT2D eigenvalue weighted by molar-refractivity contribution is 0.581. The van der Waals surface area contributed by atoms with Crippen molar-refractivity contribution in [3.63, 3.8) is 0 Å². The van der Waals surface area contributed by atoms with Gasteiger partial charge in [-0.15, -0.1) is 10.2 Å². The van der Waals surface area contributed by atoms with Crippen LogP contribution in [0.15, 0.2) is 70.1 Å². The molecule has 148 valence electrons. The van der Waals surface area contributed by atoms with Crippen molar-refractivity contribution in [1.29, 1.82) is 0 Å². The van der Waals surface area contributed by atoms with Crippen LogP contribution in [0.25, 0.3) is 23.0 Å². The maximum absolute atomic E-state index is 13.0. The first-order chi connectivity index (χ1) is 13.9. The van der Waals surface area contributed by atoms with Crippen LogP contribution >= 0.6 is 0 Å². The molecule has 0 aliphatic heterocycles. The molecule has 2 aromatic heterocycles. The molecular formula is C20H17FN4O3S.